The minimum atomic E-state index is 0.168. The second-order valence-electron chi connectivity index (χ2n) is 5.61. The van der Waals surface area contributed by atoms with Gasteiger partial charge in [0.2, 0.25) is 5.91 Å². The SMILES string of the molecule is CC(C)(C)SCC(=O)NCCC1=CCCCC1. The topological polar surface area (TPSA) is 29.1 Å². The molecule has 1 aliphatic rings. The molecule has 0 aliphatic heterocycles. The van der Waals surface area contributed by atoms with E-state index in [4.69, 9.17) is 0 Å². The van der Waals surface area contributed by atoms with Crippen LogP contribution in [0.1, 0.15) is 52.9 Å². The van der Waals surface area contributed by atoms with Crippen molar-refractivity contribution in [2.45, 2.75) is 57.6 Å². The van der Waals surface area contributed by atoms with Crippen LogP contribution in [0.2, 0.25) is 0 Å². The average Bonchev–Trinajstić information content (AvgIpc) is 2.27. The Bertz CT molecular complexity index is 278. The van der Waals surface area contributed by atoms with Gasteiger partial charge in [0.1, 0.15) is 0 Å². The van der Waals surface area contributed by atoms with Gasteiger partial charge in [-0.1, -0.05) is 32.4 Å². The third-order valence-electron chi connectivity index (χ3n) is 2.79. The molecule has 0 aromatic heterocycles. The monoisotopic (exact) mass is 255 g/mol. The van der Waals surface area contributed by atoms with E-state index in [1.54, 1.807) is 11.8 Å². The molecule has 1 N–H and O–H groups in total. The van der Waals surface area contributed by atoms with Gasteiger partial charge in [-0.15, -0.1) is 11.8 Å². The molecule has 1 aliphatic carbocycles. The third kappa shape index (κ3) is 7.48. The molecule has 0 saturated heterocycles. The lowest BCUT2D eigenvalue weighted by Crippen LogP contribution is -2.28. The standard InChI is InChI=1S/C14H25NOS/c1-14(2,3)17-11-13(16)15-10-9-12-7-5-4-6-8-12/h7H,4-6,8-11H2,1-3H3,(H,15,16). The fourth-order valence-corrected chi connectivity index (χ4v) is 2.49. The molecule has 3 heteroatoms. The van der Waals surface area contributed by atoms with Gasteiger partial charge in [-0.05, 0) is 32.1 Å². The highest BCUT2D eigenvalue weighted by Crippen LogP contribution is 2.22. The summed E-state index contributed by atoms with van der Waals surface area (Å²) in [6, 6.07) is 0. The number of hydrogen-bond acceptors (Lipinski definition) is 2. The zero-order valence-electron chi connectivity index (χ0n) is 11.3. The Labute approximate surface area is 110 Å². The van der Waals surface area contributed by atoms with Crippen LogP contribution in [0.15, 0.2) is 11.6 Å². The van der Waals surface area contributed by atoms with E-state index in [-0.39, 0.29) is 10.7 Å². The minimum Gasteiger partial charge on any atom is -0.355 e. The molecule has 1 rings (SSSR count). The molecule has 0 saturated carbocycles. The van der Waals surface area contributed by atoms with Crippen molar-refractivity contribution in [3.05, 3.63) is 11.6 Å². The number of allylic oxidation sites excluding steroid dienone is 1. The van der Waals surface area contributed by atoms with Gasteiger partial charge < -0.3 is 5.32 Å². The fourth-order valence-electron chi connectivity index (χ4n) is 1.83. The van der Waals surface area contributed by atoms with E-state index in [2.05, 4.69) is 32.2 Å². The van der Waals surface area contributed by atoms with Gasteiger partial charge in [0.25, 0.3) is 0 Å². The maximum absolute atomic E-state index is 11.6. The van der Waals surface area contributed by atoms with Crippen molar-refractivity contribution in [1.82, 2.24) is 5.32 Å². The Kier molecular flexibility index (Phi) is 6.10. The lowest BCUT2D eigenvalue weighted by atomic mass is 9.97. The summed E-state index contributed by atoms with van der Waals surface area (Å²) in [4.78, 5) is 11.6. The van der Waals surface area contributed by atoms with E-state index in [9.17, 15) is 4.79 Å². The lowest BCUT2D eigenvalue weighted by Gasteiger charge is -2.17. The number of carbonyl (C=O) groups is 1. The molecule has 2 nitrogen and oxygen atoms in total. The second-order valence-corrected chi connectivity index (χ2v) is 7.41. The zero-order valence-corrected chi connectivity index (χ0v) is 12.2. The van der Waals surface area contributed by atoms with Gasteiger partial charge in [-0.3, -0.25) is 4.79 Å². The number of hydrogen-bond donors (Lipinski definition) is 1. The molecule has 0 unspecified atom stereocenters. The van der Waals surface area contributed by atoms with Gasteiger partial charge in [0, 0.05) is 11.3 Å². The van der Waals surface area contributed by atoms with Crippen molar-refractivity contribution in [1.29, 1.82) is 0 Å². The van der Waals surface area contributed by atoms with Crippen LogP contribution in [0.25, 0.3) is 0 Å². The van der Waals surface area contributed by atoms with E-state index in [1.807, 2.05) is 0 Å². The van der Waals surface area contributed by atoms with E-state index in [0.717, 1.165) is 13.0 Å². The number of carbonyl (C=O) groups excluding carboxylic acids is 1. The van der Waals surface area contributed by atoms with Gasteiger partial charge in [-0.25, -0.2) is 0 Å². The largest absolute Gasteiger partial charge is 0.355 e. The Hall–Kier alpha value is -0.440. The van der Waals surface area contributed by atoms with E-state index >= 15 is 0 Å². The normalized spacial score (nSPS) is 16.5. The minimum absolute atomic E-state index is 0.168. The number of thioether (sulfide) groups is 1. The number of amides is 1. The molecule has 0 fully saturated rings. The first kappa shape index (κ1) is 14.6. The lowest BCUT2D eigenvalue weighted by molar-refractivity contribution is -0.118. The Morgan fingerprint density at radius 3 is 2.76 bits per heavy atom. The molecule has 0 bridgehead atoms. The molecule has 0 aromatic carbocycles. The molecule has 17 heavy (non-hydrogen) atoms. The molecular weight excluding hydrogens is 230 g/mol. The molecule has 0 spiro atoms. The summed E-state index contributed by atoms with van der Waals surface area (Å²) in [5, 5.41) is 3.00. The van der Waals surface area contributed by atoms with Crippen molar-refractivity contribution in [3.8, 4) is 0 Å². The first-order valence-corrected chi connectivity index (χ1v) is 7.54. The van der Waals surface area contributed by atoms with Crippen molar-refractivity contribution in [3.63, 3.8) is 0 Å². The second kappa shape index (κ2) is 7.10. The van der Waals surface area contributed by atoms with Gasteiger partial charge in [-0.2, -0.15) is 0 Å². The summed E-state index contributed by atoms with van der Waals surface area (Å²) in [5.41, 5.74) is 1.53. The van der Waals surface area contributed by atoms with E-state index < -0.39 is 0 Å². The average molecular weight is 255 g/mol. The molecule has 98 valence electrons. The highest BCUT2D eigenvalue weighted by Gasteiger charge is 2.13. The molecule has 0 heterocycles. The summed E-state index contributed by atoms with van der Waals surface area (Å²) in [5.74, 6) is 0.740. The van der Waals surface area contributed by atoms with Crippen LogP contribution in [0, 0.1) is 0 Å². The maximum atomic E-state index is 11.6. The van der Waals surface area contributed by atoms with Gasteiger partial charge in [0.15, 0.2) is 0 Å². The van der Waals surface area contributed by atoms with Crippen molar-refractivity contribution >= 4 is 17.7 Å². The molecule has 0 radical (unpaired) electrons. The predicted octanol–water partition coefficient (Wildman–Crippen LogP) is 3.52. The molecular formula is C14H25NOS. The van der Waals surface area contributed by atoms with Crippen LogP contribution in [0.4, 0.5) is 0 Å². The Balaban J connectivity index is 2.09. The first-order valence-electron chi connectivity index (χ1n) is 6.56. The van der Waals surface area contributed by atoms with E-state index in [1.165, 1.54) is 31.3 Å². The maximum Gasteiger partial charge on any atom is 0.230 e. The van der Waals surface area contributed by atoms with Crippen LogP contribution in [0.3, 0.4) is 0 Å². The van der Waals surface area contributed by atoms with Crippen molar-refractivity contribution in [2.24, 2.45) is 0 Å². The smallest absolute Gasteiger partial charge is 0.230 e. The predicted molar refractivity (Wildman–Crippen MR) is 76.4 cm³/mol. The van der Waals surface area contributed by atoms with Crippen LogP contribution in [-0.4, -0.2) is 23.0 Å². The summed E-state index contributed by atoms with van der Waals surface area (Å²) >= 11 is 1.70. The molecule has 1 amide bonds. The van der Waals surface area contributed by atoms with Crippen LogP contribution >= 0.6 is 11.8 Å². The summed E-state index contributed by atoms with van der Waals surface area (Å²) < 4.78 is 0.170. The summed E-state index contributed by atoms with van der Waals surface area (Å²) in [7, 11) is 0. The van der Waals surface area contributed by atoms with Gasteiger partial charge >= 0.3 is 0 Å². The van der Waals surface area contributed by atoms with E-state index in [0.29, 0.717) is 5.75 Å². The number of nitrogens with one attached hydrogen (secondary N) is 1. The number of rotatable bonds is 5. The summed E-state index contributed by atoms with van der Waals surface area (Å²) in [6.45, 7) is 7.21. The molecule has 0 atom stereocenters. The summed E-state index contributed by atoms with van der Waals surface area (Å²) in [6.07, 6.45) is 8.49. The first-order chi connectivity index (χ1) is 7.97. The Morgan fingerprint density at radius 1 is 1.41 bits per heavy atom. The third-order valence-corrected chi connectivity index (χ3v) is 4.06. The van der Waals surface area contributed by atoms with Crippen LogP contribution < -0.4 is 5.32 Å². The van der Waals surface area contributed by atoms with Gasteiger partial charge in [0.05, 0.1) is 5.75 Å². The van der Waals surface area contributed by atoms with Crippen molar-refractivity contribution < 1.29 is 4.79 Å². The molecule has 0 aromatic rings. The Morgan fingerprint density at radius 2 is 2.18 bits per heavy atom. The fraction of sp³-hybridized carbons (Fsp3) is 0.786. The quantitative estimate of drug-likeness (QED) is 0.762. The van der Waals surface area contributed by atoms with Crippen molar-refractivity contribution in [2.75, 3.05) is 12.3 Å². The highest BCUT2D eigenvalue weighted by atomic mass is 32.2. The van der Waals surface area contributed by atoms with Crippen LogP contribution in [0.5, 0.6) is 0 Å². The van der Waals surface area contributed by atoms with Crippen LogP contribution in [-0.2, 0) is 4.79 Å². The zero-order chi connectivity index (χ0) is 12.7. The highest BCUT2D eigenvalue weighted by molar-refractivity contribution is 8.01.